The van der Waals surface area contributed by atoms with Gasteiger partial charge in [0.25, 0.3) is 0 Å². The summed E-state index contributed by atoms with van der Waals surface area (Å²) in [7, 11) is 1.48. The van der Waals surface area contributed by atoms with Crippen molar-refractivity contribution in [3.8, 4) is 6.07 Å². The zero-order chi connectivity index (χ0) is 12.6. The van der Waals surface area contributed by atoms with Crippen LogP contribution in [0.3, 0.4) is 0 Å². The van der Waals surface area contributed by atoms with Crippen LogP contribution in [0.1, 0.15) is 33.6 Å². The molecule has 0 heterocycles. The molecule has 0 N–H and O–H groups in total. The van der Waals surface area contributed by atoms with Gasteiger partial charge in [0.2, 0.25) is 0 Å². The lowest BCUT2D eigenvalue weighted by molar-refractivity contribution is -0.138. The number of carbonyl (C=O) groups excluding carboxylic acids is 1. The molecule has 0 amide bonds. The number of rotatable bonds is 6. The minimum atomic E-state index is -0.603. The Morgan fingerprint density at radius 1 is 1.31 bits per heavy atom. The molecule has 16 heavy (non-hydrogen) atoms. The van der Waals surface area contributed by atoms with Gasteiger partial charge in [0.1, 0.15) is 11.8 Å². The summed E-state index contributed by atoms with van der Waals surface area (Å²) in [6, 6.07) is 1.87. The van der Waals surface area contributed by atoms with Gasteiger partial charge in [-0.25, -0.2) is 4.79 Å². The standard InChI is InChI=1S/C12H19NO3/c1-5-9(6-2)11(15-4)10(8-13)12(14)16-7-3/h9H,5-7H2,1-4H3/b11-10-. The van der Waals surface area contributed by atoms with E-state index in [0.717, 1.165) is 12.8 Å². The monoisotopic (exact) mass is 225 g/mol. The number of nitriles is 1. The lowest BCUT2D eigenvalue weighted by Crippen LogP contribution is -2.14. The Labute approximate surface area is 96.8 Å². The number of ether oxygens (including phenoxy) is 2. The fourth-order valence-electron chi connectivity index (χ4n) is 1.54. The van der Waals surface area contributed by atoms with Gasteiger partial charge in [-0.1, -0.05) is 13.8 Å². The van der Waals surface area contributed by atoms with Crippen molar-refractivity contribution in [2.75, 3.05) is 13.7 Å². The van der Waals surface area contributed by atoms with E-state index >= 15 is 0 Å². The first kappa shape index (κ1) is 14.5. The lowest BCUT2D eigenvalue weighted by atomic mass is 9.97. The van der Waals surface area contributed by atoms with Crippen molar-refractivity contribution in [2.24, 2.45) is 5.92 Å². The number of hydrogen-bond acceptors (Lipinski definition) is 4. The molecule has 4 nitrogen and oxygen atoms in total. The van der Waals surface area contributed by atoms with Crippen LogP contribution in [0, 0.1) is 17.2 Å². The first-order chi connectivity index (χ1) is 7.65. The van der Waals surface area contributed by atoms with E-state index in [1.54, 1.807) is 6.92 Å². The van der Waals surface area contributed by atoms with Gasteiger partial charge in [-0.05, 0) is 19.8 Å². The van der Waals surface area contributed by atoms with Crippen molar-refractivity contribution in [1.82, 2.24) is 0 Å². The van der Waals surface area contributed by atoms with E-state index in [4.69, 9.17) is 14.7 Å². The molecule has 0 aliphatic heterocycles. The minimum absolute atomic E-state index is 0.0157. The van der Waals surface area contributed by atoms with Gasteiger partial charge >= 0.3 is 5.97 Å². The zero-order valence-corrected chi connectivity index (χ0v) is 10.4. The van der Waals surface area contributed by atoms with Crippen molar-refractivity contribution in [1.29, 1.82) is 5.26 Å². The van der Waals surface area contributed by atoms with Gasteiger partial charge in [-0.3, -0.25) is 0 Å². The second-order valence-electron chi connectivity index (χ2n) is 3.29. The third kappa shape index (κ3) is 3.58. The maximum Gasteiger partial charge on any atom is 0.352 e. The second-order valence-corrected chi connectivity index (χ2v) is 3.29. The fourth-order valence-corrected chi connectivity index (χ4v) is 1.54. The summed E-state index contributed by atoms with van der Waals surface area (Å²) in [5.74, 6) is -0.0799. The van der Waals surface area contributed by atoms with Gasteiger partial charge in [-0.2, -0.15) is 5.26 Å². The van der Waals surface area contributed by atoms with Crippen molar-refractivity contribution >= 4 is 5.97 Å². The average molecular weight is 225 g/mol. The lowest BCUT2D eigenvalue weighted by Gasteiger charge is -2.16. The van der Waals surface area contributed by atoms with Crippen molar-refractivity contribution in [3.63, 3.8) is 0 Å². The van der Waals surface area contributed by atoms with E-state index in [1.807, 2.05) is 19.9 Å². The van der Waals surface area contributed by atoms with E-state index in [0.29, 0.717) is 5.76 Å². The molecule has 0 aliphatic rings. The summed E-state index contributed by atoms with van der Waals surface area (Å²) in [5, 5.41) is 8.98. The number of carbonyl (C=O) groups is 1. The predicted molar refractivity (Wildman–Crippen MR) is 60.4 cm³/mol. The van der Waals surface area contributed by atoms with Gasteiger partial charge in [-0.15, -0.1) is 0 Å². The smallest absolute Gasteiger partial charge is 0.352 e. The first-order valence-corrected chi connectivity index (χ1v) is 5.51. The highest BCUT2D eigenvalue weighted by Crippen LogP contribution is 2.23. The summed E-state index contributed by atoms with van der Waals surface area (Å²) in [5.41, 5.74) is -0.0157. The molecular formula is C12H19NO3. The molecule has 0 rings (SSSR count). The molecular weight excluding hydrogens is 206 g/mol. The number of methoxy groups -OCH3 is 1. The van der Waals surface area contributed by atoms with Crippen LogP contribution in [-0.2, 0) is 14.3 Å². The SMILES string of the molecule is CCOC(=O)/C(C#N)=C(\OC)C(CC)CC. The van der Waals surface area contributed by atoms with Crippen LogP contribution < -0.4 is 0 Å². The van der Waals surface area contributed by atoms with Crippen LogP contribution in [0.2, 0.25) is 0 Å². The summed E-state index contributed by atoms with van der Waals surface area (Å²) < 4.78 is 9.99. The Bertz CT molecular complexity index is 298. The summed E-state index contributed by atoms with van der Waals surface area (Å²) in [6.07, 6.45) is 1.65. The Morgan fingerprint density at radius 3 is 2.19 bits per heavy atom. The molecule has 4 heteroatoms. The van der Waals surface area contributed by atoms with Gasteiger partial charge in [0.05, 0.1) is 13.7 Å². The molecule has 0 aromatic heterocycles. The molecule has 0 unspecified atom stereocenters. The summed E-state index contributed by atoms with van der Waals surface area (Å²) in [6.45, 7) is 5.95. The van der Waals surface area contributed by atoms with Gasteiger partial charge in [0.15, 0.2) is 5.57 Å². The van der Waals surface area contributed by atoms with E-state index in [2.05, 4.69) is 0 Å². The van der Waals surface area contributed by atoms with Crippen LogP contribution >= 0.6 is 0 Å². The van der Waals surface area contributed by atoms with Crippen LogP contribution in [0.5, 0.6) is 0 Å². The highest BCUT2D eigenvalue weighted by Gasteiger charge is 2.22. The second kappa shape index (κ2) is 7.75. The minimum Gasteiger partial charge on any atom is -0.499 e. The number of nitrogens with zero attached hydrogens (tertiary/aromatic N) is 1. The zero-order valence-electron chi connectivity index (χ0n) is 10.4. The molecule has 0 saturated heterocycles. The van der Waals surface area contributed by atoms with Crippen LogP contribution in [0.25, 0.3) is 0 Å². The predicted octanol–water partition coefficient (Wildman–Crippen LogP) is 2.41. The number of allylic oxidation sites excluding steroid dienone is 1. The molecule has 0 radical (unpaired) electrons. The molecule has 0 aromatic carbocycles. The Morgan fingerprint density at radius 2 is 1.88 bits per heavy atom. The van der Waals surface area contributed by atoms with Gasteiger partial charge < -0.3 is 9.47 Å². The molecule has 0 aromatic rings. The highest BCUT2D eigenvalue weighted by molar-refractivity contribution is 5.93. The average Bonchev–Trinajstić information content (AvgIpc) is 2.29. The van der Waals surface area contributed by atoms with E-state index in [-0.39, 0.29) is 18.1 Å². The van der Waals surface area contributed by atoms with Crippen molar-refractivity contribution < 1.29 is 14.3 Å². The number of hydrogen-bond donors (Lipinski definition) is 0. The van der Waals surface area contributed by atoms with Crippen LogP contribution in [0.4, 0.5) is 0 Å². The Balaban J connectivity index is 5.21. The summed E-state index contributed by atoms with van der Waals surface area (Å²) in [4.78, 5) is 11.5. The normalized spacial score (nSPS) is 11.8. The molecule has 90 valence electrons. The van der Waals surface area contributed by atoms with Crippen LogP contribution in [0.15, 0.2) is 11.3 Å². The van der Waals surface area contributed by atoms with E-state index < -0.39 is 5.97 Å². The third-order valence-electron chi connectivity index (χ3n) is 2.41. The molecule has 0 saturated carbocycles. The molecule has 0 fully saturated rings. The van der Waals surface area contributed by atoms with E-state index in [9.17, 15) is 4.79 Å². The third-order valence-corrected chi connectivity index (χ3v) is 2.41. The maximum absolute atomic E-state index is 11.5. The van der Waals surface area contributed by atoms with Crippen LogP contribution in [-0.4, -0.2) is 19.7 Å². The number of esters is 1. The van der Waals surface area contributed by atoms with Gasteiger partial charge in [0, 0.05) is 5.92 Å². The largest absolute Gasteiger partial charge is 0.499 e. The molecule has 0 atom stereocenters. The maximum atomic E-state index is 11.5. The Hall–Kier alpha value is -1.50. The molecule has 0 aliphatic carbocycles. The first-order valence-electron chi connectivity index (χ1n) is 5.51. The molecule has 0 bridgehead atoms. The fraction of sp³-hybridized carbons (Fsp3) is 0.667. The topological polar surface area (TPSA) is 59.3 Å². The summed E-state index contributed by atoms with van der Waals surface area (Å²) >= 11 is 0. The Kier molecular flexibility index (Phi) is 7.02. The van der Waals surface area contributed by atoms with Crippen molar-refractivity contribution in [2.45, 2.75) is 33.6 Å². The quantitative estimate of drug-likeness (QED) is 0.301. The van der Waals surface area contributed by atoms with E-state index in [1.165, 1.54) is 7.11 Å². The molecule has 0 spiro atoms. The van der Waals surface area contributed by atoms with Crippen molar-refractivity contribution in [3.05, 3.63) is 11.3 Å². The highest BCUT2D eigenvalue weighted by atomic mass is 16.5.